The Morgan fingerprint density at radius 1 is 1.23 bits per heavy atom. The lowest BCUT2D eigenvalue weighted by Gasteiger charge is -2.33. The number of alkyl halides is 3. The Balaban J connectivity index is 2.03. The molecule has 0 bridgehead atoms. The molecule has 0 aliphatic carbocycles. The van der Waals surface area contributed by atoms with E-state index in [-0.39, 0.29) is 27.6 Å². The number of anilines is 1. The van der Waals surface area contributed by atoms with E-state index in [2.05, 4.69) is 4.98 Å². The quantitative estimate of drug-likeness (QED) is 0.687. The fraction of sp³-hybridized carbons (Fsp3) is 0.412. The van der Waals surface area contributed by atoms with Crippen LogP contribution in [-0.2, 0) is 15.7 Å². The third-order valence-corrected chi connectivity index (χ3v) is 4.80. The summed E-state index contributed by atoms with van der Waals surface area (Å²) < 4.78 is 45.1. The van der Waals surface area contributed by atoms with E-state index in [1.165, 1.54) is 19.1 Å². The number of hydrogen-bond donors (Lipinski definition) is 0. The van der Waals surface area contributed by atoms with Crippen molar-refractivity contribution < 1.29 is 27.7 Å². The van der Waals surface area contributed by atoms with Crippen LogP contribution in [0.5, 0.6) is 0 Å². The molecule has 2 heterocycles. The van der Waals surface area contributed by atoms with E-state index < -0.39 is 11.9 Å². The summed E-state index contributed by atoms with van der Waals surface area (Å²) in [7, 11) is 0. The summed E-state index contributed by atoms with van der Waals surface area (Å²) in [5.74, 6) is -0.361. The van der Waals surface area contributed by atoms with Gasteiger partial charge < -0.3 is 9.64 Å². The van der Waals surface area contributed by atoms with E-state index >= 15 is 0 Å². The standard InChI is InChI=1S/C17H15Cl2F3N2O2/c1-9(25)26-11-2-4-24(5-3-11)14-8-15(17(20,21)22)23-13-7-10(18)6-12(19)16(13)14/h6-8,11H,2-5H2,1H3/p+1. The van der Waals surface area contributed by atoms with Crippen LogP contribution < -0.4 is 9.88 Å². The van der Waals surface area contributed by atoms with Crippen LogP contribution in [0.4, 0.5) is 18.9 Å². The molecule has 1 aromatic carbocycles. The van der Waals surface area contributed by atoms with Crippen LogP contribution >= 0.6 is 23.2 Å². The van der Waals surface area contributed by atoms with Gasteiger partial charge in [0.25, 0.3) is 5.69 Å². The molecule has 9 heteroatoms. The van der Waals surface area contributed by atoms with Crippen LogP contribution in [0, 0.1) is 0 Å². The highest BCUT2D eigenvalue weighted by Gasteiger charge is 2.40. The van der Waals surface area contributed by atoms with Crippen molar-refractivity contribution in [2.75, 3.05) is 18.0 Å². The first-order valence-corrected chi connectivity index (χ1v) is 8.75. The molecule has 0 radical (unpaired) electrons. The number of aromatic amines is 1. The second-order valence-electron chi connectivity index (χ2n) is 6.17. The van der Waals surface area contributed by atoms with Crippen molar-refractivity contribution in [1.29, 1.82) is 0 Å². The van der Waals surface area contributed by atoms with Crippen LogP contribution in [0.15, 0.2) is 18.2 Å². The lowest BCUT2D eigenvalue weighted by atomic mass is 10.0. The van der Waals surface area contributed by atoms with E-state index in [0.29, 0.717) is 37.0 Å². The predicted octanol–water partition coefficient (Wildman–Crippen LogP) is 4.51. The van der Waals surface area contributed by atoms with Gasteiger partial charge in [-0.15, -0.1) is 0 Å². The summed E-state index contributed by atoms with van der Waals surface area (Å²) in [6.07, 6.45) is -3.69. The highest BCUT2D eigenvalue weighted by atomic mass is 35.5. The van der Waals surface area contributed by atoms with Crippen molar-refractivity contribution >= 4 is 45.8 Å². The number of fused-ring (bicyclic) bond motifs is 1. The summed E-state index contributed by atoms with van der Waals surface area (Å²) in [6, 6.07) is 3.99. The van der Waals surface area contributed by atoms with Gasteiger partial charge in [-0.3, -0.25) is 4.79 Å². The summed E-state index contributed by atoms with van der Waals surface area (Å²) in [5, 5.41) is 1.00. The molecule has 1 N–H and O–H groups in total. The molecule has 140 valence electrons. The Hall–Kier alpha value is -1.73. The number of aromatic nitrogens is 1. The molecular weight excluding hydrogens is 392 g/mol. The van der Waals surface area contributed by atoms with Crippen LogP contribution in [0.3, 0.4) is 0 Å². The Bertz CT molecular complexity index is 850. The van der Waals surface area contributed by atoms with Crippen LogP contribution in [0.2, 0.25) is 10.0 Å². The van der Waals surface area contributed by atoms with Gasteiger partial charge in [0, 0.05) is 50.0 Å². The number of H-pyrrole nitrogens is 1. The minimum absolute atomic E-state index is 0.217. The first kappa shape index (κ1) is 19.0. The molecule has 1 fully saturated rings. The Labute approximate surface area is 157 Å². The lowest BCUT2D eigenvalue weighted by Crippen LogP contribution is -2.38. The summed E-state index contributed by atoms with van der Waals surface area (Å²) in [6.45, 7) is 2.24. The average molecular weight is 408 g/mol. The molecule has 1 aromatic heterocycles. The zero-order chi connectivity index (χ0) is 19.1. The number of esters is 1. The smallest absolute Gasteiger partial charge is 0.462 e. The van der Waals surface area contributed by atoms with Gasteiger partial charge >= 0.3 is 12.1 Å². The molecule has 0 spiro atoms. The van der Waals surface area contributed by atoms with Gasteiger partial charge in [0.1, 0.15) is 6.10 Å². The Kier molecular flexibility index (Phi) is 5.21. The molecular formula is C17H16Cl2F3N2O2+. The number of halogens is 5. The molecule has 2 aromatic rings. The van der Waals surface area contributed by atoms with Gasteiger partial charge in [-0.2, -0.15) is 13.2 Å². The predicted molar refractivity (Wildman–Crippen MR) is 92.5 cm³/mol. The van der Waals surface area contributed by atoms with Gasteiger partial charge in [0.15, 0.2) is 0 Å². The zero-order valence-electron chi connectivity index (χ0n) is 13.8. The molecule has 1 aliphatic rings. The van der Waals surface area contributed by atoms with E-state index in [1.807, 2.05) is 4.90 Å². The summed E-state index contributed by atoms with van der Waals surface area (Å²) in [4.78, 5) is 15.3. The second-order valence-corrected chi connectivity index (χ2v) is 7.02. The van der Waals surface area contributed by atoms with Crippen molar-refractivity contribution in [1.82, 2.24) is 0 Å². The number of piperidine rings is 1. The van der Waals surface area contributed by atoms with E-state index in [0.717, 1.165) is 6.07 Å². The van der Waals surface area contributed by atoms with E-state index in [4.69, 9.17) is 27.9 Å². The number of pyridine rings is 1. The Morgan fingerprint density at radius 2 is 1.88 bits per heavy atom. The van der Waals surface area contributed by atoms with Gasteiger partial charge in [0.05, 0.1) is 16.1 Å². The van der Waals surface area contributed by atoms with Gasteiger partial charge in [-0.25, -0.2) is 4.98 Å². The van der Waals surface area contributed by atoms with Crippen molar-refractivity contribution in [2.45, 2.75) is 32.0 Å². The maximum atomic E-state index is 13.3. The maximum Gasteiger partial charge on any atom is 0.477 e. The van der Waals surface area contributed by atoms with Crippen LogP contribution in [-0.4, -0.2) is 25.2 Å². The number of nitrogens with one attached hydrogen (secondary N) is 1. The third-order valence-electron chi connectivity index (χ3n) is 4.28. The van der Waals surface area contributed by atoms with Gasteiger partial charge in [-0.05, 0) is 6.07 Å². The summed E-state index contributed by atoms with van der Waals surface area (Å²) in [5.41, 5.74) is -0.274. The molecule has 26 heavy (non-hydrogen) atoms. The molecule has 3 rings (SSSR count). The average Bonchev–Trinajstić information content (AvgIpc) is 2.52. The van der Waals surface area contributed by atoms with Crippen molar-refractivity contribution in [2.24, 2.45) is 0 Å². The van der Waals surface area contributed by atoms with Gasteiger partial charge in [0.2, 0.25) is 5.52 Å². The number of hydrogen-bond acceptors (Lipinski definition) is 3. The third kappa shape index (κ3) is 3.99. The fourth-order valence-corrected chi connectivity index (χ4v) is 3.76. The van der Waals surface area contributed by atoms with Crippen LogP contribution in [0.1, 0.15) is 25.5 Å². The molecule has 0 saturated carbocycles. The number of carbonyl (C=O) groups excluding carboxylic acids is 1. The molecule has 0 unspecified atom stereocenters. The van der Waals surface area contributed by atoms with Gasteiger partial charge in [-0.1, -0.05) is 23.2 Å². The minimum Gasteiger partial charge on any atom is -0.462 e. The second kappa shape index (κ2) is 7.12. The zero-order valence-corrected chi connectivity index (χ0v) is 15.3. The number of ether oxygens (including phenoxy) is 1. The largest absolute Gasteiger partial charge is 0.477 e. The highest BCUT2D eigenvalue weighted by Crippen LogP contribution is 2.38. The topological polar surface area (TPSA) is 43.7 Å². The first-order valence-electron chi connectivity index (χ1n) is 7.99. The SMILES string of the molecule is CC(=O)OC1CCN(c2cc(C(F)(F)F)[nH+]c3cc(Cl)cc(Cl)c23)CC1. The Morgan fingerprint density at radius 3 is 2.46 bits per heavy atom. The molecule has 0 atom stereocenters. The van der Waals surface area contributed by atoms with E-state index in [1.54, 1.807) is 0 Å². The molecule has 0 amide bonds. The number of carbonyl (C=O) groups is 1. The minimum atomic E-state index is -4.53. The van der Waals surface area contributed by atoms with Crippen molar-refractivity contribution in [3.8, 4) is 0 Å². The highest BCUT2D eigenvalue weighted by molar-refractivity contribution is 6.39. The normalized spacial score (nSPS) is 16.2. The molecule has 4 nitrogen and oxygen atoms in total. The molecule has 1 aliphatic heterocycles. The summed E-state index contributed by atoms with van der Waals surface area (Å²) >= 11 is 12.2. The van der Waals surface area contributed by atoms with E-state index in [9.17, 15) is 18.0 Å². The number of rotatable bonds is 2. The lowest BCUT2D eigenvalue weighted by molar-refractivity contribution is -0.398. The maximum absolute atomic E-state index is 13.3. The van der Waals surface area contributed by atoms with Crippen molar-refractivity contribution in [3.63, 3.8) is 0 Å². The molecule has 1 saturated heterocycles. The fourth-order valence-electron chi connectivity index (χ4n) is 3.17. The van der Waals surface area contributed by atoms with Crippen LogP contribution in [0.25, 0.3) is 10.9 Å². The number of nitrogens with zero attached hydrogens (tertiary/aromatic N) is 1. The first-order chi connectivity index (χ1) is 12.1. The number of benzene rings is 1. The monoisotopic (exact) mass is 407 g/mol. The van der Waals surface area contributed by atoms with Crippen molar-refractivity contribution in [3.05, 3.63) is 33.9 Å².